The van der Waals surface area contributed by atoms with E-state index in [4.69, 9.17) is 0 Å². The van der Waals surface area contributed by atoms with E-state index in [1.165, 1.54) is 24.8 Å². The number of hydrogen-bond donors (Lipinski definition) is 0. The van der Waals surface area contributed by atoms with Crippen molar-refractivity contribution in [1.82, 2.24) is 9.80 Å². The van der Waals surface area contributed by atoms with Gasteiger partial charge in [0.15, 0.2) is 0 Å². The molecular weight excluding hydrogens is 380 g/mol. The number of carbonyl (C=O) groups is 2. The van der Waals surface area contributed by atoms with Crippen molar-refractivity contribution in [3.8, 4) is 0 Å². The van der Waals surface area contributed by atoms with Crippen LogP contribution in [0.25, 0.3) is 0 Å². The quantitative estimate of drug-likeness (QED) is 0.745. The van der Waals surface area contributed by atoms with Gasteiger partial charge in [-0.2, -0.15) is 0 Å². The van der Waals surface area contributed by atoms with Gasteiger partial charge in [-0.1, -0.05) is 49.6 Å². The Hall–Kier alpha value is -1.49. The monoisotopic (exact) mass is 412 g/mol. The third-order valence-corrected chi connectivity index (χ3v) is 9.14. The van der Waals surface area contributed by atoms with Crippen LogP contribution in [-0.4, -0.2) is 51.9 Å². The number of thioether (sulfide) groups is 1. The van der Waals surface area contributed by atoms with Crippen molar-refractivity contribution in [1.29, 1.82) is 0 Å². The highest BCUT2D eigenvalue weighted by Crippen LogP contribution is 2.50. The maximum Gasteiger partial charge on any atom is 0.226 e. The van der Waals surface area contributed by atoms with Crippen LogP contribution in [0.5, 0.6) is 0 Å². The molecule has 0 radical (unpaired) electrons. The molecule has 4 nitrogen and oxygen atoms in total. The molecule has 1 aromatic carbocycles. The van der Waals surface area contributed by atoms with Crippen LogP contribution in [0.4, 0.5) is 0 Å². The topological polar surface area (TPSA) is 40.6 Å². The SMILES string of the molecule is O=C(C1CC1c1ccccc1)N1CCC2(CC1)SCCN2C(=O)C1CCCCC1. The van der Waals surface area contributed by atoms with Gasteiger partial charge < -0.3 is 9.80 Å². The molecule has 2 amide bonds. The van der Waals surface area contributed by atoms with Crippen molar-refractivity contribution in [3.63, 3.8) is 0 Å². The van der Waals surface area contributed by atoms with E-state index in [1.807, 2.05) is 17.8 Å². The van der Waals surface area contributed by atoms with Gasteiger partial charge in [-0.25, -0.2) is 0 Å². The van der Waals surface area contributed by atoms with Crippen molar-refractivity contribution in [2.24, 2.45) is 11.8 Å². The minimum Gasteiger partial charge on any atom is -0.342 e. The van der Waals surface area contributed by atoms with Gasteiger partial charge in [-0.15, -0.1) is 11.8 Å². The molecule has 0 bridgehead atoms. The molecule has 4 fully saturated rings. The minimum atomic E-state index is -0.0479. The Morgan fingerprint density at radius 3 is 2.38 bits per heavy atom. The first-order chi connectivity index (χ1) is 14.2. The molecule has 4 aliphatic rings. The van der Waals surface area contributed by atoms with Crippen molar-refractivity contribution >= 4 is 23.6 Å². The molecule has 5 rings (SSSR count). The van der Waals surface area contributed by atoms with Gasteiger partial charge in [-0.05, 0) is 43.6 Å². The van der Waals surface area contributed by atoms with E-state index in [0.717, 1.165) is 57.5 Å². The van der Waals surface area contributed by atoms with Crippen LogP contribution in [0.2, 0.25) is 0 Å². The number of hydrogen-bond acceptors (Lipinski definition) is 3. The first-order valence-corrected chi connectivity index (χ1v) is 12.5. The highest BCUT2D eigenvalue weighted by molar-refractivity contribution is 8.00. The zero-order chi connectivity index (χ0) is 19.8. The molecule has 2 atom stereocenters. The highest BCUT2D eigenvalue weighted by atomic mass is 32.2. The molecule has 0 aromatic heterocycles. The molecule has 2 heterocycles. The van der Waals surface area contributed by atoms with Gasteiger partial charge in [0.05, 0.1) is 4.87 Å². The van der Waals surface area contributed by atoms with E-state index >= 15 is 0 Å². The van der Waals surface area contributed by atoms with Gasteiger partial charge in [0.25, 0.3) is 0 Å². The molecule has 5 heteroatoms. The summed E-state index contributed by atoms with van der Waals surface area (Å²) in [7, 11) is 0. The van der Waals surface area contributed by atoms with Gasteiger partial charge >= 0.3 is 0 Å². The molecule has 2 aliphatic heterocycles. The summed E-state index contributed by atoms with van der Waals surface area (Å²) in [6.07, 6.45) is 8.70. The highest BCUT2D eigenvalue weighted by Gasteiger charge is 2.51. The molecule has 2 unspecified atom stereocenters. The van der Waals surface area contributed by atoms with E-state index in [2.05, 4.69) is 34.1 Å². The first-order valence-electron chi connectivity index (χ1n) is 11.5. The predicted molar refractivity (Wildman–Crippen MR) is 117 cm³/mol. The fraction of sp³-hybridized carbons (Fsp3) is 0.667. The smallest absolute Gasteiger partial charge is 0.226 e. The summed E-state index contributed by atoms with van der Waals surface area (Å²) in [4.78, 5) is 30.5. The second-order valence-electron chi connectivity index (χ2n) is 9.30. The van der Waals surface area contributed by atoms with E-state index < -0.39 is 0 Å². The first kappa shape index (κ1) is 19.5. The van der Waals surface area contributed by atoms with Crippen molar-refractivity contribution < 1.29 is 9.59 Å². The van der Waals surface area contributed by atoms with Crippen LogP contribution in [-0.2, 0) is 9.59 Å². The van der Waals surface area contributed by atoms with Crippen molar-refractivity contribution in [3.05, 3.63) is 35.9 Å². The Bertz CT molecular complexity index is 753. The molecule has 0 N–H and O–H groups in total. The molecule has 1 spiro atoms. The summed E-state index contributed by atoms with van der Waals surface area (Å²) < 4.78 is 0. The second-order valence-corrected chi connectivity index (χ2v) is 10.8. The van der Waals surface area contributed by atoms with Crippen LogP contribution in [0, 0.1) is 11.8 Å². The van der Waals surface area contributed by atoms with E-state index in [0.29, 0.717) is 17.7 Å². The number of likely N-dealkylation sites (tertiary alicyclic amines) is 1. The fourth-order valence-electron chi connectivity index (χ4n) is 5.75. The maximum atomic E-state index is 13.2. The molecule has 1 aromatic rings. The largest absolute Gasteiger partial charge is 0.342 e. The Balaban J connectivity index is 1.19. The normalized spacial score (nSPS) is 29.2. The molecule has 156 valence electrons. The van der Waals surface area contributed by atoms with E-state index in [9.17, 15) is 9.59 Å². The number of nitrogens with zero attached hydrogens (tertiary/aromatic N) is 2. The van der Waals surface area contributed by atoms with Crippen LogP contribution >= 0.6 is 11.8 Å². The second kappa shape index (κ2) is 7.98. The zero-order valence-electron chi connectivity index (χ0n) is 17.2. The summed E-state index contributed by atoms with van der Waals surface area (Å²) in [6.45, 7) is 2.50. The summed E-state index contributed by atoms with van der Waals surface area (Å²) in [5, 5.41) is 0. The summed E-state index contributed by atoms with van der Waals surface area (Å²) in [5.41, 5.74) is 1.30. The van der Waals surface area contributed by atoms with E-state index in [1.54, 1.807) is 0 Å². The van der Waals surface area contributed by atoms with Crippen LogP contribution < -0.4 is 0 Å². The Morgan fingerprint density at radius 1 is 0.931 bits per heavy atom. The van der Waals surface area contributed by atoms with Crippen LogP contribution in [0.15, 0.2) is 30.3 Å². The average molecular weight is 413 g/mol. The number of carbonyl (C=O) groups excluding carboxylic acids is 2. The van der Waals surface area contributed by atoms with Gasteiger partial charge in [0, 0.05) is 37.2 Å². The molecular formula is C24H32N2O2S. The number of amides is 2. The Labute approximate surface area is 178 Å². The summed E-state index contributed by atoms with van der Waals surface area (Å²) >= 11 is 1.97. The summed E-state index contributed by atoms with van der Waals surface area (Å²) in [5.74, 6) is 2.61. The van der Waals surface area contributed by atoms with Crippen LogP contribution in [0.1, 0.15) is 62.8 Å². The van der Waals surface area contributed by atoms with Crippen molar-refractivity contribution in [2.75, 3.05) is 25.4 Å². The zero-order valence-corrected chi connectivity index (χ0v) is 18.0. The molecule has 2 saturated heterocycles. The van der Waals surface area contributed by atoms with Gasteiger partial charge in [0.1, 0.15) is 0 Å². The molecule has 2 saturated carbocycles. The third-order valence-electron chi connectivity index (χ3n) is 7.59. The maximum absolute atomic E-state index is 13.2. The Kier molecular flexibility index (Phi) is 5.35. The predicted octanol–water partition coefficient (Wildman–Crippen LogP) is 4.26. The number of rotatable bonds is 3. The van der Waals surface area contributed by atoms with Gasteiger partial charge in [-0.3, -0.25) is 9.59 Å². The molecule has 2 aliphatic carbocycles. The number of piperidine rings is 1. The summed E-state index contributed by atoms with van der Waals surface area (Å²) in [6, 6.07) is 10.5. The lowest BCUT2D eigenvalue weighted by atomic mass is 9.87. The van der Waals surface area contributed by atoms with Crippen molar-refractivity contribution in [2.45, 2.75) is 62.2 Å². The fourth-order valence-corrected chi connectivity index (χ4v) is 7.21. The number of benzene rings is 1. The standard InChI is InChI=1S/C24H32N2O2S/c27-22(19-9-5-2-6-10-19)26-15-16-29-24(26)11-13-25(14-12-24)23(28)21-17-20(21)18-7-3-1-4-8-18/h1,3-4,7-8,19-21H,2,5-6,9-17H2. The third kappa shape index (κ3) is 3.71. The Morgan fingerprint density at radius 2 is 1.66 bits per heavy atom. The minimum absolute atomic E-state index is 0.0479. The van der Waals surface area contributed by atoms with E-state index in [-0.39, 0.29) is 16.7 Å². The molecule has 29 heavy (non-hydrogen) atoms. The average Bonchev–Trinajstić information content (AvgIpc) is 3.49. The lowest BCUT2D eigenvalue weighted by molar-refractivity contribution is -0.141. The van der Waals surface area contributed by atoms with Crippen LogP contribution in [0.3, 0.4) is 0 Å². The lowest BCUT2D eigenvalue weighted by Gasteiger charge is -2.45. The lowest BCUT2D eigenvalue weighted by Crippen LogP contribution is -2.55. The van der Waals surface area contributed by atoms with Gasteiger partial charge in [0.2, 0.25) is 11.8 Å².